The predicted octanol–water partition coefficient (Wildman–Crippen LogP) is -0.312. The number of aliphatic carboxylic acids is 1. The van der Waals surface area contributed by atoms with Crippen LogP contribution in [0.25, 0.3) is 0 Å². The zero-order valence-corrected chi connectivity index (χ0v) is 10.1. The summed E-state index contributed by atoms with van der Waals surface area (Å²) in [5.41, 5.74) is 0. The minimum atomic E-state index is -0.977. The highest BCUT2D eigenvalue weighted by molar-refractivity contribution is 5.81. The Hall–Kier alpha value is -1.14. The van der Waals surface area contributed by atoms with Crippen LogP contribution in [0.5, 0.6) is 0 Å². The summed E-state index contributed by atoms with van der Waals surface area (Å²) in [6, 6.07) is 0. The lowest BCUT2D eigenvalue weighted by Crippen LogP contribution is -2.43. The van der Waals surface area contributed by atoms with Crippen LogP contribution in [-0.4, -0.2) is 60.8 Å². The third-order valence-corrected chi connectivity index (χ3v) is 2.58. The van der Waals surface area contributed by atoms with Crippen LogP contribution in [0, 0.1) is 0 Å². The number of rotatable bonds is 6. The second kappa shape index (κ2) is 7.24. The molecule has 1 atom stereocenters. The molecule has 6 nitrogen and oxygen atoms in total. The number of morpholine rings is 1. The average molecular weight is 244 g/mol. The predicted molar refractivity (Wildman–Crippen MR) is 61.7 cm³/mol. The summed E-state index contributed by atoms with van der Waals surface area (Å²) in [6.07, 6.45) is 0.868. The van der Waals surface area contributed by atoms with Gasteiger partial charge in [-0.1, -0.05) is 6.92 Å². The van der Waals surface area contributed by atoms with Crippen LogP contribution in [0.15, 0.2) is 0 Å². The number of nitrogens with zero attached hydrogens (tertiary/aromatic N) is 1. The van der Waals surface area contributed by atoms with E-state index in [1.807, 2.05) is 6.92 Å². The van der Waals surface area contributed by atoms with Gasteiger partial charge in [0, 0.05) is 19.6 Å². The molecule has 1 aliphatic rings. The summed E-state index contributed by atoms with van der Waals surface area (Å²) >= 11 is 0. The maximum Gasteiger partial charge on any atom is 0.323 e. The number of carboxylic acid groups (broad SMARTS) is 1. The largest absolute Gasteiger partial charge is 0.480 e. The Bertz CT molecular complexity index is 264. The van der Waals surface area contributed by atoms with Gasteiger partial charge in [-0.15, -0.1) is 0 Å². The molecule has 6 heteroatoms. The highest BCUT2D eigenvalue weighted by Gasteiger charge is 2.22. The minimum Gasteiger partial charge on any atom is -0.480 e. The zero-order chi connectivity index (χ0) is 12.7. The molecule has 0 aliphatic carbocycles. The van der Waals surface area contributed by atoms with Crippen molar-refractivity contribution < 1.29 is 19.4 Å². The van der Waals surface area contributed by atoms with Crippen LogP contribution in [0.4, 0.5) is 0 Å². The molecule has 1 amide bonds. The molecule has 17 heavy (non-hydrogen) atoms. The van der Waals surface area contributed by atoms with E-state index in [0.717, 1.165) is 13.0 Å². The summed E-state index contributed by atoms with van der Waals surface area (Å²) in [6.45, 7) is 4.22. The van der Waals surface area contributed by atoms with Gasteiger partial charge in [0.25, 0.3) is 0 Å². The van der Waals surface area contributed by atoms with E-state index >= 15 is 0 Å². The average Bonchev–Trinajstić information content (AvgIpc) is 2.29. The highest BCUT2D eigenvalue weighted by atomic mass is 16.5. The fraction of sp³-hybridized carbons (Fsp3) is 0.818. The van der Waals surface area contributed by atoms with E-state index in [2.05, 4.69) is 5.32 Å². The van der Waals surface area contributed by atoms with Crippen molar-refractivity contribution in [3.63, 3.8) is 0 Å². The van der Waals surface area contributed by atoms with Crippen LogP contribution in [-0.2, 0) is 14.3 Å². The van der Waals surface area contributed by atoms with Gasteiger partial charge >= 0.3 is 5.97 Å². The second-order valence-corrected chi connectivity index (χ2v) is 4.11. The van der Waals surface area contributed by atoms with Crippen molar-refractivity contribution in [2.75, 3.05) is 32.8 Å². The number of amides is 1. The van der Waals surface area contributed by atoms with Crippen LogP contribution < -0.4 is 5.32 Å². The molecule has 1 heterocycles. The summed E-state index contributed by atoms with van der Waals surface area (Å²) < 4.78 is 5.42. The highest BCUT2D eigenvalue weighted by Crippen LogP contribution is 2.05. The van der Waals surface area contributed by atoms with Gasteiger partial charge in [0.2, 0.25) is 5.91 Å². The lowest BCUT2D eigenvalue weighted by atomic mass is 10.2. The fourth-order valence-electron chi connectivity index (χ4n) is 1.80. The molecule has 0 bridgehead atoms. The lowest BCUT2D eigenvalue weighted by molar-refractivity contribution is -0.145. The van der Waals surface area contributed by atoms with E-state index < -0.39 is 5.97 Å². The van der Waals surface area contributed by atoms with E-state index in [1.165, 1.54) is 4.90 Å². The number of hydrogen-bond donors (Lipinski definition) is 2. The van der Waals surface area contributed by atoms with Gasteiger partial charge in [0.05, 0.1) is 19.1 Å². The van der Waals surface area contributed by atoms with Crippen molar-refractivity contribution >= 4 is 11.9 Å². The normalized spacial score (nSPS) is 19.9. The third-order valence-electron chi connectivity index (χ3n) is 2.58. The first kappa shape index (κ1) is 13.9. The molecule has 2 N–H and O–H groups in total. The van der Waals surface area contributed by atoms with Gasteiger partial charge in [-0.2, -0.15) is 0 Å². The number of nitrogens with one attached hydrogen (secondary N) is 1. The SMILES string of the molecule is CCCN(CC(=O)O)C(=O)CC1CNCCO1. The summed E-state index contributed by atoms with van der Waals surface area (Å²) in [5.74, 6) is -1.13. The van der Waals surface area contributed by atoms with Gasteiger partial charge in [0.15, 0.2) is 0 Å². The maximum atomic E-state index is 11.9. The van der Waals surface area contributed by atoms with Crippen molar-refractivity contribution in [3.8, 4) is 0 Å². The minimum absolute atomic E-state index is 0.135. The van der Waals surface area contributed by atoms with Crippen LogP contribution in [0.3, 0.4) is 0 Å². The van der Waals surface area contributed by atoms with E-state index in [-0.39, 0.29) is 25.0 Å². The first-order valence-electron chi connectivity index (χ1n) is 5.95. The summed E-state index contributed by atoms with van der Waals surface area (Å²) in [5, 5.41) is 11.9. The molecule has 0 radical (unpaired) electrons. The van der Waals surface area contributed by atoms with E-state index in [0.29, 0.717) is 19.7 Å². The molecule has 98 valence electrons. The van der Waals surface area contributed by atoms with Crippen LogP contribution in [0.2, 0.25) is 0 Å². The molecule has 1 fully saturated rings. The Kier molecular flexibility index (Phi) is 5.93. The fourth-order valence-corrected chi connectivity index (χ4v) is 1.80. The summed E-state index contributed by atoms with van der Waals surface area (Å²) in [7, 11) is 0. The summed E-state index contributed by atoms with van der Waals surface area (Å²) in [4.78, 5) is 23.9. The standard InChI is InChI=1S/C11H20N2O4/c1-2-4-13(8-11(15)16)10(14)6-9-7-12-3-5-17-9/h9,12H,2-8H2,1H3,(H,15,16). The Labute approximate surface area is 101 Å². The Morgan fingerprint density at radius 2 is 2.29 bits per heavy atom. The molecule has 1 unspecified atom stereocenters. The number of carbonyl (C=O) groups is 2. The molecule has 0 aromatic rings. The van der Waals surface area contributed by atoms with Crippen molar-refractivity contribution in [2.24, 2.45) is 0 Å². The lowest BCUT2D eigenvalue weighted by Gasteiger charge is -2.26. The molecule has 0 saturated carbocycles. The Morgan fingerprint density at radius 3 is 2.82 bits per heavy atom. The smallest absolute Gasteiger partial charge is 0.323 e. The molecule has 1 aliphatic heterocycles. The second-order valence-electron chi connectivity index (χ2n) is 4.11. The first-order valence-corrected chi connectivity index (χ1v) is 5.95. The van der Waals surface area contributed by atoms with Crippen molar-refractivity contribution in [3.05, 3.63) is 0 Å². The van der Waals surface area contributed by atoms with Crippen LogP contribution in [0.1, 0.15) is 19.8 Å². The number of ether oxygens (including phenoxy) is 1. The molecule has 1 saturated heterocycles. The van der Waals surface area contributed by atoms with Gasteiger partial charge < -0.3 is 20.1 Å². The van der Waals surface area contributed by atoms with Crippen molar-refractivity contribution in [1.82, 2.24) is 10.2 Å². The number of hydrogen-bond acceptors (Lipinski definition) is 4. The first-order chi connectivity index (χ1) is 8.13. The molecular weight excluding hydrogens is 224 g/mol. The van der Waals surface area contributed by atoms with E-state index in [9.17, 15) is 9.59 Å². The van der Waals surface area contributed by atoms with Crippen LogP contribution >= 0.6 is 0 Å². The Morgan fingerprint density at radius 1 is 1.53 bits per heavy atom. The number of carboxylic acids is 1. The topological polar surface area (TPSA) is 78.9 Å². The van der Waals surface area contributed by atoms with Gasteiger partial charge in [-0.05, 0) is 6.42 Å². The third kappa shape index (κ3) is 5.14. The quantitative estimate of drug-likeness (QED) is 0.670. The van der Waals surface area contributed by atoms with Gasteiger partial charge in [0.1, 0.15) is 6.54 Å². The maximum absolute atomic E-state index is 11.9. The molecule has 0 aromatic heterocycles. The molecule has 0 aromatic carbocycles. The monoisotopic (exact) mass is 244 g/mol. The van der Waals surface area contributed by atoms with E-state index in [1.54, 1.807) is 0 Å². The van der Waals surface area contributed by atoms with Gasteiger partial charge in [-0.3, -0.25) is 9.59 Å². The van der Waals surface area contributed by atoms with Crippen molar-refractivity contribution in [2.45, 2.75) is 25.9 Å². The Balaban J connectivity index is 2.42. The van der Waals surface area contributed by atoms with Crippen molar-refractivity contribution in [1.29, 1.82) is 0 Å². The zero-order valence-electron chi connectivity index (χ0n) is 10.1. The number of carbonyl (C=O) groups excluding carboxylic acids is 1. The van der Waals surface area contributed by atoms with Gasteiger partial charge in [-0.25, -0.2) is 0 Å². The molecule has 0 spiro atoms. The van der Waals surface area contributed by atoms with E-state index in [4.69, 9.17) is 9.84 Å². The molecule has 1 rings (SSSR count). The molecular formula is C11H20N2O4.